The molecule has 2 N–H and O–H groups in total. The monoisotopic (exact) mass is 121 g/mol. The van der Waals surface area contributed by atoms with Crippen LogP contribution in [0.5, 0.6) is 0 Å². The summed E-state index contributed by atoms with van der Waals surface area (Å²) in [5.41, 5.74) is 0. The molecule has 0 aromatic carbocycles. The van der Waals surface area contributed by atoms with Crippen molar-refractivity contribution in [3.05, 3.63) is 0 Å². The first-order valence-electron chi connectivity index (χ1n) is 1.42. The topological polar surface area (TPSA) is 86.9 Å². The minimum absolute atomic E-state index is 0. The van der Waals surface area contributed by atoms with E-state index in [1.54, 1.807) is 0 Å². The van der Waals surface area contributed by atoms with Gasteiger partial charge in [0.1, 0.15) is 0 Å². The van der Waals surface area contributed by atoms with Gasteiger partial charge in [-0.15, -0.1) is 5.11 Å². The van der Waals surface area contributed by atoms with Gasteiger partial charge in [-0.3, -0.25) is 0 Å². The molecule has 0 aliphatic carbocycles. The Labute approximate surface area is 62.4 Å². The van der Waals surface area contributed by atoms with Crippen LogP contribution < -0.4 is 5.84 Å². The number of hydrogen-bond acceptors (Lipinski definition) is 4. The van der Waals surface area contributed by atoms with E-state index in [2.05, 4.69) is 21.2 Å². The number of hydrogen-bond donors (Lipinski definition) is 1. The molecule has 0 fully saturated rings. The second-order valence-electron chi connectivity index (χ2n) is 0.580. The van der Waals surface area contributed by atoms with Gasteiger partial charge in [0.2, 0.25) is 6.19 Å². The van der Waals surface area contributed by atoms with Crippen molar-refractivity contribution in [1.82, 2.24) is 0 Å². The number of rotatable bonds is 1. The van der Waals surface area contributed by atoms with Crippen LogP contribution in [0.15, 0.2) is 15.3 Å². The van der Waals surface area contributed by atoms with Crippen molar-refractivity contribution in [2.75, 3.05) is 0 Å². The molecule has 0 aliphatic heterocycles. The van der Waals surface area contributed by atoms with E-state index >= 15 is 0 Å². The molecule has 0 rings (SSSR count). The average molecular weight is 121 g/mol. The molecule has 0 amide bonds. The zero-order valence-corrected chi connectivity index (χ0v) is 5.56. The van der Waals surface area contributed by atoms with Crippen LogP contribution in [0.25, 0.3) is 0 Å². The zero-order valence-electron chi connectivity index (χ0n) is 4.15. The van der Waals surface area contributed by atoms with E-state index in [0.717, 1.165) is 6.34 Å². The van der Waals surface area contributed by atoms with Crippen LogP contribution >= 0.6 is 0 Å². The number of nitriles is 1. The summed E-state index contributed by atoms with van der Waals surface area (Å²) >= 11 is 0. The maximum atomic E-state index is 7.68. The maximum Gasteiger partial charge on any atom is 0.226 e. The zero-order chi connectivity index (χ0) is 5.54. The summed E-state index contributed by atoms with van der Waals surface area (Å²) in [6.45, 7) is 0. The Morgan fingerprint density at radius 2 is 2.25 bits per heavy atom. The minimum Gasteiger partial charge on any atom is -0.322 e. The molecule has 0 aromatic heterocycles. The summed E-state index contributed by atoms with van der Waals surface area (Å²) in [4.78, 5) is 0. The molecule has 0 unspecified atom stereocenters. The highest BCUT2D eigenvalue weighted by Gasteiger charge is 1.56. The lowest BCUT2D eigenvalue weighted by atomic mass is 11.3. The Hall–Kier alpha value is -0.674. The largest absolute Gasteiger partial charge is 0.322 e. The smallest absolute Gasteiger partial charge is 0.226 e. The number of nitrogens with two attached hydrogens (primary N) is 1. The van der Waals surface area contributed by atoms with Crippen LogP contribution in [0, 0.1) is 11.5 Å². The fourth-order valence-corrected chi connectivity index (χ4v) is 0.0815. The lowest BCUT2D eigenvalue weighted by molar-refractivity contribution is 1.21. The van der Waals surface area contributed by atoms with Crippen molar-refractivity contribution in [3.8, 4) is 6.19 Å². The molecule has 0 heterocycles. The van der Waals surface area contributed by atoms with Crippen LogP contribution in [0.1, 0.15) is 0 Å². The summed E-state index contributed by atoms with van der Waals surface area (Å²) in [6.07, 6.45) is 2.39. The van der Waals surface area contributed by atoms with Crippen molar-refractivity contribution in [3.63, 3.8) is 0 Å². The fraction of sp³-hybridized carbons (Fsp3) is 0. The van der Waals surface area contributed by atoms with Crippen molar-refractivity contribution in [2.45, 2.75) is 0 Å². The Balaban J connectivity index is 0. The minimum atomic E-state index is 0. The summed E-state index contributed by atoms with van der Waals surface area (Å²) in [5, 5.41) is 16.5. The first kappa shape index (κ1) is 10.3. The lowest BCUT2D eigenvalue weighted by Gasteiger charge is -1.62. The second-order valence-corrected chi connectivity index (χ2v) is 0.580. The lowest BCUT2D eigenvalue weighted by Crippen LogP contribution is -1.76. The summed E-state index contributed by atoms with van der Waals surface area (Å²) in [6, 6.07) is 0. The van der Waals surface area contributed by atoms with Gasteiger partial charge in [-0.25, -0.2) is 0 Å². The van der Waals surface area contributed by atoms with E-state index in [9.17, 15) is 0 Å². The van der Waals surface area contributed by atoms with Crippen molar-refractivity contribution in [2.24, 2.45) is 21.2 Å². The molecule has 8 heavy (non-hydrogen) atoms. The molecule has 0 aliphatic rings. The van der Waals surface area contributed by atoms with Gasteiger partial charge in [0, 0.05) is 23.1 Å². The van der Waals surface area contributed by atoms with Crippen LogP contribution in [0.4, 0.5) is 0 Å². The van der Waals surface area contributed by atoms with Crippen molar-refractivity contribution in [1.29, 1.82) is 5.26 Å². The van der Waals surface area contributed by atoms with Gasteiger partial charge in [0.15, 0.2) is 6.34 Å². The van der Waals surface area contributed by atoms with Gasteiger partial charge in [-0.1, -0.05) is 5.11 Å². The molecule has 6 heteroatoms. The normalized spacial score (nSPS) is 8.88. The SMILES string of the molecule is N#CN=NC=NN.[Mg]. The summed E-state index contributed by atoms with van der Waals surface area (Å²) in [7, 11) is 0. The van der Waals surface area contributed by atoms with Gasteiger partial charge in [-0.05, 0) is 0 Å². The Bertz CT molecular complexity index is 121. The third-order valence-electron chi connectivity index (χ3n) is 0.221. The van der Waals surface area contributed by atoms with Gasteiger partial charge in [0.05, 0.1) is 0 Å². The number of nitrogens with zero attached hydrogens (tertiary/aromatic N) is 4. The summed E-state index contributed by atoms with van der Waals surface area (Å²) < 4.78 is 0. The fourth-order valence-electron chi connectivity index (χ4n) is 0.0815. The molecule has 0 saturated heterocycles. The molecule has 0 atom stereocenters. The van der Waals surface area contributed by atoms with E-state index in [1.165, 1.54) is 6.19 Å². The van der Waals surface area contributed by atoms with Crippen LogP contribution in [0.2, 0.25) is 0 Å². The molecule has 0 saturated carbocycles. The quantitative estimate of drug-likeness (QED) is 0.0959. The van der Waals surface area contributed by atoms with E-state index in [4.69, 9.17) is 5.26 Å². The standard InChI is InChI=1S/C2H3N5.Mg/c3-1-6-7-2-5-4;/h2H,4H2;. The summed E-state index contributed by atoms with van der Waals surface area (Å²) in [5.74, 6) is 4.58. The molecule has 0 bridgehead atoms. The van der Waals surface area contributed by atoms with Gasteiger partial charge in [0.25, 0.3) is 0 Å². The highest BCUT2D eigenvalue weighted by molar-refractivity contribution is 5.75. The van der Waals surface area contributed by atoms with E-state index in [-0.39, 0.29) is 23.1 Å². The van der Waals surface area contributed by atoms with Crippen molar-refractivity contribution < 1.29 is 0 Å². The third kappa shape index (κ3) is 9.01. The van der Waals surface area contributed by atoms with Gasteiger partial charge < -0.3 is 5.84 Å². The first-order valence-corrected chi connectivity index (χ1v) is 1.42. The van der Waals surface area contributed by atoms with Crippen molar-refractivity contribution >= 4 is 29.4 Å². The highest BCUT2D eigenvalue weighted by atomic mass is 24.3. The van der Waals surface area contributed by atoms with E-state index < -0.39 is 0 Å². The molecular weight excluding hydrogens is 118 g/mol. The molecule has 38 valence electrons. The predicted molar refractivity (Wildman–Crippen MR) is 28.9 cm³/mol. The number of azo groups is 1. The molecule has 2 radical (unpaired) electrons. The second kappa shape index (κ2) is 9.59. The Morgan fingerprint density at radius 1 is 1.62 bits per heavy atom. The first-order chi connectivity index (χ1) is 3.41. The van der Waals surface area contributed by atoms with Gasteiger partial charge >= 0.3 is 0 Å². The highest BCUT2D eigenvalue weighted by Crippen LogP contribution is 1.61. The van der Waals surface area contributed by atoms with Crippen LogP contribution in [0.3, 0.4) is 0 Å². The Morgan fingerprint density at radius 3 is 2.62 bits per heavy atom. The maximum absolute atomic E-state index is 7.68. The van der Waals surface area contributed by atoms with E-state index in [1.807, 2.05) is 0 Å². The Kier molecular flexibility index (Phi) is 12.4. The average Bonchev–Trinajstić information content (AvgIpc) is 1.69. The third-order valence-corrected chi connectivity index (χ3v) is 0.221. The molecule has 0 aromatic rings. The molecular formula is C2H3MgN5. The molecule has 0 spiro atoms. The van der Waals surface area contributed by atoms with Crippen LogP contribution in [-0.4, -0.2) is 29.4 Å². The van der Waals surface area contributed by atoms with E-state index in [0.29, 0.717) is 0 Å². The predicted octanol–water partition coefficient (Wildman–Crippen LogP) is -0.559. The number of hydrazone groups is 1. The molecule has 5 nitrogen and oxygen atoms in total. The van der Waals surface area contributed by atoms with Gasteiger partial charge in [-0.2, -0.15) is 10.4 Å². The van der Waals surface area contributed by atoms with Crippen LogP contribution in [-0.2, 0) is 0 Å².